The Balaban J connectivity index is 2.07. The summed E-state index contributed by atoms with van der Waals surface area (Å²) in [6.45, 7) is 2.17. The van der Waals surface area contributed by atoms with E-state index in [0.29, 0.717) is 11.8 Å². The number of aliphatic hydroxyl groups is 1. The summed E-state index contributed by atoms with van der Waals surface area (Å²) >= 11 is 0. The topological polar surface area (TPSA) is 46.5 Å². The Morgan fingerprint density at radius 3 is 2.67 bits per heavy atom. The highest BCUT2D eigenvalue weighted by Crippen LogP contribution is 2.67. The number of carbonyl (C=O) groups is 1. The van der Waals surface area contributed by atoms with Crippen LogP contribution in [-0.2, 0) is 9.53 Å². The third kappa shape index (κ3) is 1.21. The molecule has 3 aliphatic carbocycles. The molecule has 3 nitrogen and oxygen atoms in total. The van der Waals surface area contributed by atoms with E-state index in [0.717, 1.165) is 25.7 Å². The van der Waals surface area contributed by atoms with Gasteiger partial charge in [-0.3, -0.25) is 4.79 Å². The van der Waals surface area contributed by atoms with Crippen molar-refractivity contribution < 1.29 is 14.6 Å². The standard InChI is InChI=1S/C15H24O3/c1-10-11-6-3-4-7-12(11)15(17)9-5-8-14(10,15)13(16)18-2/h10-12,17H,3-9H2,1-2H3/t10-,11-,12-,14-,15-/m0/s1. The van der Waals surface area contributed by atoms with Gasteiger partial charge >= 0.3 is 5.97 Å². The largest absolute Gasteiger partial charge is 0.468 e. The van der Waals surface area contributed by atoms with Crippen molar-refractivity contribution >= 4 is 5.97 Å². The Kier molecular flexibility index (Phi) is 2.74. The molecule has 18 heavy (non-hydrogen) atoms. The van der Waals surface area contributed by atoms with E-state index in [9.17, 15) is 9.90 Å². The fraction of sp³-hybridized carbons (Fsp3) is 0.933. The maximum atomic E-state index is 12.4. The van der Waals surface area contributed by atoms with Crippen molar-refractivity contribution in [3.8, 4) is 0 Å². The molecule has 3 saturated carbocycles. The Labute approximate surface area is 109 Å². The van der Waals surface area contributed by atoms with Gasteiger partial charge in [0.05, 0.1) is 18.1 Å². The number of hydrogen-bond donors (Lipinski definition) is 1. The number of hydrogen-bond acceptors (Lipinski definition) is 3. The SMILES string of the molecule is COC(=O)[C@@]12CCC[C@]1(O)[C@H]1CCCC[C@H]1[C@@H]2C. The zero-order valence-corrected chi connectivity index (χ0v) is 11.4. The van der Waals surface area contributed by atoms with Crippen LogP contribution in [0.3, 0.4) is 0 Å². The third-order valence-corrected chi connectivity index (χ3v) is 6.30. The monoisotopic (exact) mass is 252 g/mol. The fourth-order valence-corrected chi connectivity index (χ4v) is 5.58. The summed E-state index contributed by atoms with van der Waals surface area (Å²) in [6, 6.07) is 0. The molecule has 0 aromatic carbocycles. The summed E-state index contributed by atoms with van der Waals surface area (Å²) in [5, 5.41) is 11.2. The Hall–Kier alpha value is -0.570. The molecule has 0 aromatic heterocycles. The van der Waals surface area contributed by atoms with Gasteiger partial charge < -0.3 is 9.84 Å². The molecular formula is C15H24O3. The molecule has 1 N–H and O–H groups in total. The number of esters is 1. The molecule has 0 aromatic rings. The Morgan fingerprint density at radius 2 is 1.94 bits per heavy atom. The van der Waals surface area contributed by atoms with E-state index in [2.05, 4.69) is 6.92 Å². The van der Waals surface area contributed by atoms with Crippen LogP contribution in [0.1, 0.15) is 51.9 Å². The number of ether oxygens (including phenoxy) is 1. The van der Waals surface area contributed by atoms with E-state index in [-0.39, 0.29) is 11.9 Å². The van der Waals surface area contributed by atoms with Crippen molar-refractivity contribution in [3.63, 3.8) is 0 Å². The summed E-state index contributed by atoms with van der Waals surface area (Å²) in [4.78, 5) is 12.4. The molecule has 0 unspecified atom stereocenters. The second-order valence-electron chi connectivity index (χ2n) is 6.58. The van der Waals surface area contributed by atoms with Gasteiger partial charge in [-0.1, -0.05) is 19.8 Å². The first-order valence-electron chi connectivity index (χ1n) is 7.39. The molecule has 3 aliphatic rings. The Bertz CT molecular complexity index is 367. The van der Waals surface area contributed by atoms with Crippen molar-refractivity contribution in [3.05, 3.63) is 0 Å². The van der Waals surface area contributed by atoms with Crippen molar-refractivity contribution in [1.82, 2.24) is 0 Å². The molecular weight excluding hydrogens is 228 g/mol. The van der Waals surface area contributed by atoms with Gasteiger partial charge in [-0.05, 0) is 49.9 Å². The lowest BCUT2D eigenvalue weighted by Crippen LogP contribution is -2.51. The molecule has 5 atom stereocenters. The third-order valence-electron chi connectivity index (χ3n) is 6.30. The summed E-state index contributed by atoms with van der Waals surface area (Å²) in [7, 11) is 1.46. The number of fused-ring (bicyclic) bond motifs is 3. The van der Waals surface area contributed by atoms with Crippen molar-refractivity contribution in [2.75, 3.05) is 7.11 Å². The maximum Gasteiger partial charge on any atom is 0.315 e. The van der Waals surface area contributed by atoms with Crippen LogP contribution in [0.2, 0.25) is 0 Å². The molecule has 0 amide bonds. The van der Waals surface area contributed by atoms with Gasteiger partial charge in [-0.15, -0.1) is 0 Å². The molecule has 0 saturated heterocycles. The van der Waals surface area contributed by atoms with Crippen molar-refractivity contribution in [1.29, 1.82) is 0 Å². The molecule has 0 heterocycles. The normalized spacial score (nSPS) is 50.7. The average Bonchev–Trinajstić information content (AvgIpc) is 2.84. The Morgan fingerprint density at radius 1 is 1.22 bits per heavy atom. The first-order valence-corrected chi connectivity index (χ1v) is 7.39. The highest BCUT2D eigenvalue weighted by Gasteiger charge is 2.72. The number of carbonyl (C=O) groups excluding carboxylic acids is 1. The summed E-state index contributed by atoms with van der Waals surface area (Å²) in [5.41, 5.74) is -1.40. The van der Waals surface area contributed by atoms with Crippen LogP contribution in [0.5, 0.6) is 0 Å². The minimum absolute atomic E-state index is 0.163. The van der Waals surface area contributed by atoms with Gasteiger partial charge in [0.25, 0.3) is 0 Å². The van der Waals surface area contributed by atoms with E-state index < -0.39 is 11.0 Å². The second kappa shape index (κ2) is 3.96. The zero-order valence-electron chi connectivity index (χ0n) is 11.4. The first kappa shape index (κ1) is 12.5. The van der Waals surface area contributed by atoms with Crippen molar-refractivity contribution in [2.24, 2.45) is 23.2 Å². The lowest BCUT2D eigenvalue weighted by atomic mass is 9.70. The quantitative estimate of drug-likeness (QED) is 0.729. The lowest BCUT2D eigenvalue weighted by molar-refractivity contribution is -0.171. The van der Waals surface area contributed by atoms with Crippen LogP contribution in [-0.4, -0.2) is 23.8 Å². The van der Waals surface area contributed by atoms with Gasteiger partial charge in [-0.25, -0.2) is 0 Å². The summed E-state index contributed by atoms with van der Waals surface area (Å²) < 4.78 is 5.08. The number of rotatable bonds is 1. The van der Waals surface area contributed by atoms with E-state index in [1.165, 1.54) is 26.4 Å². The summed E-state index contributed by atoms with van der Waals surface area (Å²) in [5.74, 6) is 0.943. The van der Waals surface area contributed by atoms with Crippen LogP contribution in [0.25, 0.3) is 0 Å². The second-order valence-corrected chi connectivity index (χ2v) is 6.58. The van der Waals surface area contributed by atoms with E-state index in [1.54, 1.807) is 0 Å². The molecule has 0 spiro atoms. The van der Waals surface area contributed by atoms with Crippen molar-refractivity contribution in [2.45, 2.75) is 57.5 Å². The van der Waals surface area contributed by atoms with Crippen LogP contribution >= 0.6 is 0 Å². The van der Waals surface area contributed by atoms with Gasteiger partial charge in [0.15, 0.2) is 0 Å². The van der Waals surface area contributed by atoms with E-state index >= 15 is 0 Å². The minimum Gasteiger partial charge on any atom is -0.468 e. The smallest absolute Gasteiger partial charge is 0.315 e. The predicted molar refractivity (Wildman–Crippen MR) is 67.9 cm³/mol. The van der Waals surface area contributed by atoms with E-state index in [4.69, 9.17) is 4.74 Å². The van der Waals surface area contributed by atoms with Gasteiger partial charge in [0.1, 0.15) is 0 Å². The molecule has 3 heteroatoms. The fourth-order valence-electron chi connectivity index (χ4n) is 5.58. The maximum absolute atomic E-state index is 12.4. The molecule has 0 aliphatic heterocycles. The molecule has 0 bridgehead atoms. The predicted octanol–water partition coefficient (Wildman–Crippen LogP) is 2.52. The van der Waals surface area contributed by atoms with Gasteiger partial charge in [0, 0.05) is 0 Å². The number of methoxy groups -OCH3 is 1. The van der Waals surface area contributed by atoms with Crippen LogP contribution in [0, 0.1) is 23.2 Å². The highest BCUT2D eigenvalue weighted by molar-refractivity contribution is 5.80. The van der Waals surface area contributed by atoms with Gasteiger partial charge in [0.2, 0.25) is 0 Å². The zero-order chi connectivity index (χ0) is 13.0. The molecule has 0 radical (unpaired) electrons. The van der Waals surface area contributed by atoms with Crippen LogP contribution in [0.4, 0.5) is 0 Å². The molecule has 102 valence electrons. The first-order chi connectivity index (χ1) is 8.58. The lowest BCUT2D eigenvalue weighted by Gasteiger charge is -2.39. The molecule has 3 rings (SSSR count). The highest BCUT2D eigenvalue weighted by atomic mass is 16.5. The van der Waals surface area contributed by atoms with Crippen LogP contribution in [0.15, 0.2) is 0 Å². The minimum atomic E-state index is -0.787. The van der Waals surface area contributed by atoms with E-state index in [1.807, 2.05) is 0 Å². The van der Waals surface area contributed by atoms with Crippen LogP contribution < -0.4 is 0 Å². The summed E-state index contributed by atoms with van der Waals surface area (Å²) in [6.07, 6.45) is 7.26. The molecule has 3 fully saturated rings. The average molecular weight is 252 g/mol. The van der Waals surface area contributed by atoms with Gasteiger partial charge in [-0.2, -0.15) is 0 Å².